The maximum absolute atomic E-state index is 12.5. The summed E-state index contributed by atoms with van der Waals surface area (Å²) in [6.07, 6.45) is 0.191. The van der Waals surface area contributed by atoms with Crippen molar-refractivity contribution in [3.63, 3.8) is 0 Å². The Morgan fingerprint density at radius 1 is 1.00 bits per heavy atom. The number of amides is 1. The van der Waals surface area contributed by atoms with Gasteiger partial charge in [0, 0.05) is 29.6 Å². The van der Waals surface area contributed by atoms with Crippen LogP contribution < -0.4 is 16.6 Å². The minimum Gasteiger partial charge on any atom is -0.325 e. The Bertz CT molecular complexity index is 1390. The van der Waals surface area contributed by atoms with Crippen molar-refractivity contribution in [2.24, 2.45) is 0 Å². The Kier molecular flexibility index (Phi) is 6.55. The Morgan fingerprint density at radius 3 is 2.48 bits per heavy atom. The molecule has 0 bridgehead atoms. The van der Waals surface area contributed by atoms with E-state index in [4.69, 9.17) is 0 Å². The molecule has 3 N–H and O–H groups in total. The van der Waals surface area contributed by atoms with Crippen LogP contribution in [-0.4, -0.2) is 36.4 Å². The van der Waals surface area contributed by atoms with Crippen molar-refractivity contribution in [3.8, 4) is 5.69 Å². The summed E-state index contributed by atoms with van der Waals surface area (Å²) in [7, 11) is 0. The van der Waals surface area contributed by atoms with Crippen LogP contribution >= 0.6 is 11.8 Å². The quantitative estimate of drug-likeness (QED) is 0.363. The molecule has 4 rings (SSSR count). The van der Waals surface area contributed by atoms with Crippen LogP contribution in [0.15, 0.2) is 69.3 Å². The molecule has 0 fully saturated rings. The smallest absolute Gasteiger partial charge is 0.325 e. The van der Waals surface area contributed by atoms with Crippen molar-refractivity contribution in [2.45, 2.75) is 25.4 Å². The molecule has 2 heterocycles. The topological polar surface area (TPSA) is 126 Å². The molecule has 2 aromatic heterocycles. The third-order valence-corrected chi connectivity index (χ3v) is 5.69. The summed E-state index contributed by atoms with van der Waals surface area (Å²) in [5.41, 5.74) is 3.01. The van der Waals surface area contributed by atoms with Gasteiger partial charge in [-0.1, -0.05) is 36.0 Å². The SMILES string of the molecule is Cc1cccc(NC(=O)CSc2nnc(Cc3cc(=O)[nH]c(=O)[nH]3)n2-c2cccc(C)c2)c1. The van der Waals surface area contributed by atoms with Gasteiger partial charge in [0.05, 0.1) is 5.75 Å². The van der Waals surface area contributed by atoms with Crippen LogP contribution in [0, 0.1) is 13.8 Å². The van der Waals surface area contributed by atoms with E-state index in [2.05, 4.69) is 25.5 Å². The molecule has 0 aliphatic carbocycles. The second-order valence-corrected chi connectivity index (χ2v) is 8.51. The molecule has 168 valence electrons. The number of nitrogens with zero attached hydrogens (tertiary/aromatic N) is 3. The maximum atomic E-state index is 12.5. The number of carbonyl (C=O) groups is 1. The van der Waals surface area contributed by atoms with Gasteiger partial charge >= 0.3 is 5.69 Å². The van der Waals surface area contributed by atoms with Crippen LogP contribution in [0.2, 0.25) is 0 Å². The third kappa shape index (κ3) is 5.66. The van der Waals surface area contributed by atoms with Gasteiger partial charge in [-0.3, -0.25) is 19.1 Å². The lowest BCUT2D eigenvalue weighted by atomic mass is 10.2. The highest BCUT2D eigenvalue weighted by Gasteiger charge is 2.17. The van der Waals surface area contributed by atoms with E-state index in [1.54, 1.807) is 0 Å². The van der Waals surface area contributed by atoms with Gasteiger partial charge in [-0.25, -0.2) is 4.79 Å². The van der Waals surface area contributed by atoms with Crippen molar-refractivity contribution in [2.75, 3.05) is 11.1 Å². The van der Waals surface area contributed by atoms with Gasteiger partial charge < -0.3 is 10.3 Å². The molecule has 0 saturated heterocycles. The first-order chi connectivity index (χ1) is 15.9. The minimum absolute atomic E-state index is 0.139. The van der Waals surface area contributed by atoms with Crippen molar-refractivity contribution in [3.05, 3.63) is 98.1 Å². The zero-order chi connectivity index (χ0) is 23.4. The zero-order valence-electron chi connectivity index (χ0n) is 18.1. The van der Waals surface area contributed by atoms with Crippen LogP contribution in [-0.2, 0) is 11.2 Å². The van der Waals surface area contributed by atoms with Gasteiger partial charge in [0.2, 0.25) is 5.91 Å². The van der Waals surface area contributed by atoms with E-state index in [9.17, 15) is 14.4 Å². The van der Waals surface area contributed by atoms with Crippen LogP contribution in [0.4, 0.5) is 5.69 Å². The first-order valence-electron chi connectivity index (χ1n) is 10.2. The Labute approximate surface area is 193 Å². The van der Waals surface area contributed by atoms with Crippen LogP contribution in [0.1, 0.15) is 22.6 Å². The first-order valence-corrected chi connectivity index (χ1v) is 11.2. The molecule has 9 nitrogen and oxygen atoms in total. The van der Waals surface area contributed by atoms with Crippen molar-refractivity contribution in [1.29, 1.82) is 0 Å². The summed E-state index contributed by atoms with van der Waals surface area (Å²) in [6, 6.07) is 16.7. The molecule has 0 saturated carbocycles. The van der Waals surface area contributed by atoms with Gasteiger partial charge in [0.15, 0.2) is 5.16 Å². The third-order valence-electron chi connectivity index (χ3n) is 4.76. The van der Waals surface area contributed by atoms with E-state index in [-0.39, 0.29) is 18.1 Å². The molecule has 33 heavy (non-hydrogen) atoms. The molecule has 0 unspecified atom stereocenters. The van der Waals surface area contributed by atoms with Gasteiger partial charge in [0.1, 0.15) is 5.82 Å². The zero-order valence-corrected chi connectivity index (χ0v) is 18.9. The van der Waals surface area contributed by atoms with Crippen LogP contribution in [0.25, 0.3) is 5.69 Å². The fraction of sp³-hybridized carbons (Fsp3) is 0.174. The number of carbonyl (C=O) groups excluding carboxylic acids is 1. The number of H-pyrrole nitrogens is 2. The number of aromatic amines is 2. The molecular formula is C23H22N6O3S. The van der Waals surface area contributed by atoms with Crippen LogP contribution in [0.3, 0.4) is 0 Å². The van der Waals surface area contributed by atoms with Gasteiger partial charge in [-0.15, -0.1) is 10.2 Å². The molecule has 0 aliphatic heterocycles. The van der Waals surface area contributed by atoms with E-state index in [1.807, 2.05) is 66.9 Å². The van der Waals surface area contributed by atoms with Crippen LogP contribution in [0.5, 0.6) is 0 Å². The van der Waals surface area contributed by atoms with E-state index in [0.717, 1.165) is 22.5 Å². The second-order valence-electron chi connectivity index (χ2n) is 7.57. The van der Waals surface area contributed by atoms with Gasteiger partial charge in [-0.2, -0.15) is 0 Å². The molecule has 0 aliphatic rings. The highest BCUT2D eigenvalue weighted by Crippen LogP contribution is 2.24. The standard InChI is InChI=1S/C23H22N6O3S/c1-14-5-3-7-16(9-14)24-21(31)13-33-23-28-27-19(11-17-12-20(30)26-22(32)25-17)29(23)18-8-4-6-15(2)10-18/h3-10,12H,11,13H2,1-2H3,(H,24,31)(H2,25,26,30,32). The number of anilines is 1. The van der Waals surface area contributed by atoms with Crippen molar-refractivity contribution < 1.29 is 4.79 Å². The highest BCUT2D eigenvalue weighted by atomic mass is 32.2. The summed E-state index contributed by atoms with van der Waals surface area (Å²) in [4.78, 5) is 40.6. The highest BCUT2D eigenvalue weighted by molar-refractivity contribution is 7.99. The lowest BCUT2D eigenvalue weighted by Gasteiger charge is -2.11. The normalized spacial score (nSPS) is 10.8. The lowest BCUT2D eigenvalue weighted by Crippen LogP contribution is -2.23. The molecule has 4 aromatic rings. The monoisotopic (exact) mass is 462 g/mol. The predicted octanol–water partition coefficient (Wildman–Crippen LogP) is 2.58. The number of hydrogen-bond donors (Lipinski definition) is 3. The van der Waals surface area contributed by atoms with Crippen molar-refractivity contribution in [1.82, 2.24) is 24.7 Å². The minimum atomic E-state index is -0.582. The fourth-order valence-electron chi connectivity index (χ4n) is 3.37. The van der Waals surface area contributed by atoms with E-state index in [0.29, 0.717) is 16.7 Å². The van der Waals surface area contributed by atoms with E-state index >= 15 is 0 Å². The first kappa shape index (κ1) is 22.3. The number of hydrogen-bond acceptors (Lipinski definition) is 6. The summed E-state index contributed by atoms with van der Waals surface area (Å²) < 4.78 is 1.83. The lowest BCUT2D eigenvalue weighted by molar-refractivity contribution is -0.113. The molecular weight excluding hydrogens is 440 g/mol. The molecule has 1 amide bonds. The van der Waals surface area contributed by atoms with Crippen molar-refractivity contribution >= 4 is 23.4 Å². The second kappa shape index (κ2) is 9.70. The average Bonchev–Trinajstić information content (AvgIpc) is 3.14. The van der Waals surface area contributed by atoms with Gasteiger partial charge in [0.25, 0.3) is 5.56 Å². The molecule has 2 aromatic carbocycles. The average molecular weight is 463 g/mol. The summed E-state index contributed by atoms with van der Waals surface area (Å²) in [5.74, 6) is 0.507. The number of aromatic nitrogens is 5. The molecule has 10 heteroatoms. The molecule has 0 atom stereocenters. The summed E-state index contributed by atoms with van der Waals surface area (Å²) in [5, 5.41) is 12.0. The largest absolute Gasteiger partial charge is 0.325 e. The Balaban J connectivity index is 1.60. The molecule has 0 spiro atoms. The fourth-order valence-corrected chi connectivity index (χ4v) is 4.14. The van der Waals surface area contributed by atoms with E-state index in [1.165, 1.54) is 17.8 Å². The maximum Gasteiger partial charge on any atom is 0.325 e. The number of thioether (sulfide) groups is 1. The number of nitrogens with one attached hydrogen (secondary N) is 3. The number of rotatable bonds is 7. The predicted molar refractivity (Wildman–Crippen MR) is 127 cm³/mol. The van der Waals surface area contributed by atoms with Gasteiger partial charge in [-0.05, 0) is 49.2 Å². The summed E-state index contributed by atoms with van der Waals surface area (Å²) >= 11 is 1.25. The molecule has 0 radical (unpaired) electrons. The Hall–Kier alpha value is -3.92. The summed E-state index contributed by atoms with van der Waals surface area (Å²) in [6.45, 7) is 3.94. The number of aryl methyl sites for hydroxylation is 2. The Morgan fingerprint density at radius 2 is 1.76 bits per heavy atom. The number of benzene rings is 2. The van der Waals surface area contributed by atoms with E-state index < -0.39 is 11.2 Å².